The number of rotatable bonds is 10. The van der Waals surface area contributed by atoms with Crippen molar-refractivity contribution < 1.29 is 9.47 Å². The van der Waals surface area contributed by atoms with Crippen LogP contribution in [0.4, 0.5) is 0 Å². The number of hydrogen-bond donors (Lipinski definition) is 0. The van der Waals surface area contributed by atoms with Crippen LogP contribution in [-0.4, -0.2) is 43.9 Å². The molecule has 2 fully saturated rings. The smallest absolute Gasteiger partial charge is 0.119 e. The predicted octanol–water partition coefficient (Wildman–Crippen LogP) is 5.71. The molecular formula is C30H37N3O2. The van der Waals surface area contributed by atoms with Gasteiger partial charge in [0.1, 0.15) is 5.75 Å². The molecule has 3 atom stereocenters. The number of likely N-dealkylation sites (tertiary alicyclic amines) is 1. The molecule has 1 saturated carbocycles. The molecule has 0 radical (unpaired) electrons. The maximum atomic E-state index is 10.8. The van der Waals surface area contributed by atoms with E-state index >= 15 is 0 Å². The highest BCUT2D eigenvalue weighted by molar-refractivity contribution is 5.37. The summed E-state index contributed by atoms with van der Waals surface area (Å²) in [5, 5.41) is 19.7. The van der Waals surface area contributed by atoms with Crippen molar-refractivity contribution in [3.63, 3.8) is 0 Å². The standard InChI is InChI=1S/C30H37N3O2/c1-2-34-29-11-6-10-28(29)30(23-32,25-8-4-3-5-9-25)26-16-19-33(20-17-26)18-7-21-35-27-14-12-24(22-31)13-15-27/h3-5,8-9,12-15,26,28-29H,2,6-7,10-11,16-21H2,1H3. The van der Waals surface area contributed by atoms with Crippen LogP contribution >= 0.6 is 0 Å². The second kappa shape index (κ2) is 12.2. The summed E-state index contributed by atoms with van der Waals surface area (Å²) >= 11 is 0. The molecule has 2 aliphatic rings. The summed E-state index contributed by atoms with van der Waals surface area (Å²) in [6.45, 7) is 6.47. The molecule has 184 valence electrons. The van der Waals surface area contributed by atoms with Gasteiger partial charge in [0, 0.05) is 19.1 Å². The third-order valence-corrected chi connectivity index (χ3v) is 7.96. The Morgan fingerprint density at radius 1 is 0.971 bits per heavy atom. The fourth-order valence-corrected chi connectivity index (χ4v) is 6.28. The molecule has 0 amide bonds. The summed E-state index contributed by atoms with van der Waals surface area (Å²) in [5.41, 5.74) is 1.34. The molecule has 0 spiro atoms. The van der Waals surface area contributed by atoms with Gasteiger partial charge in [0.05, 0.1) is 35.8 Å². The zero-order valence-corrected chi connectivity index (χ0v) is 20.9. The van der Waals surface area contributed by atoms with Gasteiger partial charge in [0.2, 0.25) is 0 Å². The molecular weight excluding hydrogens is 434 g/mol. The molecule has 5 heteroatoms. The highest BCUT2D eigenvalue weighted by atomic mass is 16.5. The first-order chi connectivity index (χ1) is 17.2. The lowest BCUT2D eigenvalue weighted by atomic mass is 9.59. The second-order valence-corrected chi connectivity index (χ2v) is 9.83. The number of benzene rings is 2. The Hall–Kier alpha value is -2.86. The van der Waals surface area contributed by atoms with Crippen molar-refractivity contribution in [2.24, 2.45) is 11.8 Å². The zero-order valence-electron chi connectivity index (χ0n) is 20.9. The molecule has 0 bridgehead atoms. The molecule has 4 rings (SSSR count). The van der Waals surface area contributed by atoms with Crippen LogP contribution in [0.25, 0.3) is 0 Å². The van der Waals surface area contributed by atoms with Gasteiger partial charge in [0.15, 0.2) is 0 Å². The molecule has 1 saturated heterocycles. The lowest BCUT2D eigenvalue weighted by Gasteiger charge is -2.46. The first kappa shape index (κ1) is 25.2. The average Bonchev–Trinajstić information content (AvgIpc) is 3.38. The lowest BCUT2D eigenvalue weighted by molar-refractivity contribution is -0.00198. The number of hydrogen-bond acceptors (Lipinski definition) is 5. The van der Waals surface area contributed by atoms with Crippen LogP contribution in [0.1, 0.15) is 56.6 Å². The number of nitriles is 2. The van der Waals surface area contributed by atoms with E-state index in [0.29, 0.717) is 24.7 Å². The molecule has 2 aromatic carbocycles. The van der Waals surface area contributed by atoms with E-state index in [0.717, 1.165) is 63.9 Å². The van der Waals surface area contributed by atoms with E-state index in [9.17, 15) is 5.26 Å². The van der Waals surface area contributed by atoms with Crippen molar-refractivity contribution >= 4 is 0 Å². The van der Waals surface area contributed by atoms with Gasteiger partial charge >= 0.3 is 0 Å². The van der Waals surface area contributed by atoms with E-state index < -0.39 is 5.41 Å². The molecule has 1 aliphatic carbocycles. The van der Waals surface area contributed by atoms with Crippen molar-refractivity contribution in [3.05, 3.63) is 65.7 Å². The third-order valence-electron chi connectivity index (χ3n) is 7.96. The lowest BCUT2D eigenvalue weighted by Crippen LogP contribution is -2.49. The highest BCUT2D eigenvalue weighted by Crippen LogP contribution is 2.50. The van der Waals surface area contributed by atoms with Crippen molar-refractivity contribution in [3.8, 4) is 17.9 Å². The Bertz CT molecular complexity index is 1000. The van der Waals surface area contributed by atoms with Gasteiger partial charge in [0.25, 0.3) is 0 Å². The van der Waals surface area contributed by atoms with E-state index in [1.54, 1.807) is 12.1 Å². The predicted molar refractivity (Wildman–Crippen MR) is 137 cm³/mol. The Balaban J connectivity index is 1.36. The fraction of sp³-hybridized carbons (Fsp3) is 0.533. The van der Waals surface area contributed by atoms with Crippen LogP contribution in [0, 0.1) is 34.5 Å². The van der Waals surface area contributed by atoms with Gasteiger partial charge in [-0.2, -0.15) is 10.5 Å². The summed E-state index contributed by atoms with van der Waals surface area (Å²) in [5.74, 6) is 1.41. The van der Waals surface area contributed by atoms with E-state index in [2.05, 4.69) is 48.2 Å². The number of ether oxygens (including phenoxy) is 2. The summed E-state index contributed by atoms with van der Waals surface area (Å²) in [4.78, 5) is 2.51. The Morgan fingerprint density at radius 2 is 1.71 bits per heavy atom. The van der Waals surface area contributed by atoms with Crippen LogP contribution < -0.4 is 4.74 Å². The van der Waals surface area contributed by atoms with Crippen molar-refractivity contribution in [2.45, 2.75) is 57.0 Å². The fourth-order valence-electron chi connectivity index (χ4n) is 6.28. The molecule has 35 heavy (non-hydrogen) atoms. The van der Waals surface area contributed by atoms with Gasteiger partial charge in [-0.25, -0.2) is 0 Å². The maximum Gasteiger partial charge on any atom is 0.119 e. The Morgan fingerprint density at radius 3 is 2.37 bits per heavy atom. The molecule has 1 aliphatic heterocycles. The third kappa shape index (κ3) is 5.69. The average molecular weight is 472 g/mol. The van der Waals surface area contributed by atoms with Crippen LogP contribution in [0.2, 0.25) is 0 Å². The Kier molecular flexibility index (Phi) is 8.80. The SMILES string of the molecule is CCOC1CCCC1C(C#N)(c1ccccc1)C1CCN(CCCOc2ccc(C#N)cc2)CC1. The van der Waals surface area contributed by atoms with E-state index in [1.807, 2.05) is 18.2 Å². The van der Waals surface area contributed by atoms with Crippen LogP contribution in [-0.2, 0) is 10.2 Å². The molecule has 3 unspecified atom stereocenters. The first-order valence-electron chi connectivity index (χ1n) is 13.1. The monoisotopic (exact) mass is 471 g/mol. The quantitative estimate of drug-likeness (QED) is 0.415. The number of nitrogens with zero attached hydrogens (tertiary/aromatic N) is 3. The van der Waals surface area contributed by atoms with Gasteiger partial charge in [-0.3, -0.25) is 0 Å². The van der Waals surface area contributed by atoms with Gasteiger partial charge in [-0.1, -0.05) is 36.8 Å². The molecule has 1 heterocycles. The maximum absolute atomic E-state index is 10.8. The second-order valence-electron chi connectivity index (χ2n) is 9.83. The number of piperidine rings is 1. The van der Waals surface area contributed by atoms with Crippen LogP contribution in [0.3, 0.4) is 0 Å². The normalized spacial score (nSPS) is 22.7. The highest BCUT2D eigenvalue weighted by Gasteiger charge is 2.52. The van der Waals surface area contributed by atoms with E-state index in [1.165, 1.54) is 5.56 Å². The minimum absolute atomic E-state index is 0.178. The van der Waals surface area contributed by atoms with Crippen LogP contribution in [0.15, 0.2) is 54.6 Å². The summed E-state index contributed by atoms with van der Waals surface area (Å²) < 4.78 is 12.0. The van der Waals surface area contributed by atoms with Crippen LogP contribution in [0.5, 0.6) is 5.75 Å². The topological polar surface area (TPSA) is 69.3 Å². The molecule has 0 aromatic heterocycles. The van der Waals surface area contributed by atoms with E-state index in [4.69, 9.17) is 14.7 Å². The summed E-state index contributed by atoms with van der Waals surface area (Å²) in [6.07, 6.45) is 6.48. The summed E-state index contributed by atoms with van der Waals surface area (Å²) in [7, 11) is 0. The molecule has 0 N–H and O–H groups in total. The minimum atomic E-state index is -0.484. The minimum Gasteiger partial charge on any atom is -0.494 e. The first-order valence-corrected chi connectivity index (χ1v) is 13.1. The van der Waals surface area contributed by atoms with Crippen molar-refractivity contribution in [2.75, 3.05) is 32.8 Å². The van der Waals surface area contributed by atoms with Crippen molar-refractivity contribution in [1.82, 2.24) is 4.90 Å². The molecule has 2 aromatic rings. The van der Waals surface area contributed by atoms with Gasteiger partial charge in [-0.05, 0) is 87.9 Å². The zero-order chi connectivity index (χ0) is 24.5. The van der Waals surface area contributed by atoms with Gasteiger partial charge < -0.3 is 14.4 Å². The molecule has 5 nitrogen and oxygen atoms in total. The van der Waals surface area contributed by atoms with Crippen molar-refractivity contribution in [1.29, 1.82) is 10.5 Å². The summed E-state index contributed by atoms with van der Waals surface area (Å²) in [6, 6.07) is 22.8. The Labute approximate surface area is 210 Å². The van der Waals surface area contributed by atoms with Gasteiger partial charge in [-0.15, -0.1) is 0 Å². The van der Waals surface area contributed by atoms with E-state index in [-0.39, 0.29) is 12.0 Å². The largest absolute Gasteiger partial charge is 0.494 e.